The molecule has 1 unspecified atom stereocenters. The van der Waals surface area contributed by atoms with Gasteiger partial charge in [-0.05, 0) is 38.3 Å². The quantitative estimate of drug-likeness (QED) is 0.491. The zero-order chi connectivity index (χ0) is 17.4. The SMILES string of the molecule is CCC(C)NC(=NCCc1ccco1)N1CCC(C(=O)OC)CC1. The summed E-state index contributed by atoms with van der Waals surface area (Å²) in [5.41, 5.74) is 0. The number of nitrogens with zero attached hydrogens (tertiary/aromatic N) is 2. The summed E-state index contributed by atoms with van der Waals surface area (Å²) in [5.74, 6) is 1.80. The highest BCUT2D eigenvalue weighted by atomic mass is 16.5. The van der Waals surface area contributed by atoms with Crippen LogP contribution in [0.4, 0.5) is 0 Å². The van der Waals surface area contributed by atoms with Crippen LogP contribution >= 0.6 is 0 Å². The normalized spacial score (nSPS) is 17.6. The van der Waals surface area contributed by atoms with Crippen LogP contribution in [0.5, 0.6) is 0 Å². The second kappa shape index (κ2) is 9.35. The van der Waals surface area contributed by atoms with E-state index in [2.05, 4.69) is 24.1 Å². The number of piperidine rings is 1. The van der Waals surface area contributed by atoms with Gasteiger partial charge >= 0.3 is 5.97 Å². The number of hydrogen-bond acceptors (Lipinski definition) is 4. The second-order valence-corrected chi connectivity index (χ2v) is 6.27. The van der Waals surface area contributed by atoms with E-state index in [4.69, 9.17) is 14.1 Å². The lowest BCUT2D eigenvalue weighted by Crippen LogP contribution is -2.49. The Kier molecular flexibility index (Phi) is 7.15. The van der Waals surface area contributed by atoms with Gasteiger partial charge in [-0.15, -0.1) is 0 Å². The van der Waals surface area contributed by atoms with Crippen molar-refractivity contribution in [3.63, 3.8) is 0 Å². The van der Waals surface area contributed by atoms with Crippen molar-refractivity contribution in [2.45, 2.75) is 45.6 Å². The van der Waals surface area contributed by atoms with Gasteiger partial charge in [0.25, 0.3) is 0 Å². The average Bonchev–Trinajstić information content (AvgIpc) is 3.13. The topological polar surface area (TPSA) is 67.1 Å². The summed E-state index contributed by atoms with van der Waals surface area (Å²) in [6.07, 6.45) is 5.14. The van der Waals surface area contributed by atoms with Crippen molar-refractivity contribution in [3.05, 3.63) is 24.2 Å². The molecule has 6 heteroatoms. The molecule has 24 heavy (non-hydrogen) atoms. The molecule has 0 bridgehead atoms. The van der Waals surface area contributed by atoms with Crippen LogP contribution in [0, 0.1) is 5.92 Å². The van der Waals surface area contributed by atoms with Gasteiger partial charge in [0.1, 0.15) is 5.76 Å². The van der Waals surface area contributed by atoms with Crippen molar-refractivity contribution < 1.29 is 13.9 Å². The predicted molar refractivity (Wildman–Crippen MR) is 93.9 cm³/mol. The van der Waals surface area contributed by atoms with Crippen molar-refractivity contribution in [2.24, 2.45) is 10.9 Å². The summed E-state index contributed by atoms with van der Waals surface area (Å²) >= 11 is 0. The molecule has 2 rings (SSSR count). The van der Waals surface area contributed by atoms with Crippen molar-refractivity contribution in [3.8, 4) is 0 Å². The number of aliphatic imine (C=N–C) groups is 1. The Balaban J connectivity index is 1.94. The Morgan fingerprint density at radius 1 is 1.50 bits per heavy atom. The van der Waals surface area contributed by atoms with E-state index >= 15 is 0 Å². The van der Waals surface area contributed by atoms with Crippen LogP contribution in [0.3, 0.4) is 0 Å². The number of carbonyl (C=O) groups excluding carboxylic acids is 1. The zero-order valence-electron chi connectivity index (χ0n) is 15.0. The van der Waals surface area contributed by atoms with Gasteiger partial charge in [-0.25, -0.2) is 0 Å². The van der Waals surface area contributed by atoms with Crippen molar-refractivity contribution >= 4 is 11.9 Å². The molecule has 6 nitrogen and oxygen atoms in total. The number of ether oxygens (including phenoxy) is 1. The van der Waals surface area contributed by atoms with Gasteiger partial charge in [-0.3, -0.25) is 9.79 Å². The number of likely N-dealkylation sites (tertiary alicyclic amines) is 1. The molecule has 0 aliphatic carbocycles. The van der Waals surface area contributed by atoms with Crippen molar-refractivity contribution in [1.82, 2.24) is 10.2 Å². The molecule has 2 heterocycles. The third kappa shape index (κ3) is 5.28. The molecule has 1 aromatic heterocycles. The van der Waals surface area contributed by atoms with E-state index in [1.54, 1.807) is 6.26 Å². The summed E-state index contributed by atoms with van der Waals surface area (Å²) in [6.45, 7) is 6.64. The molecule has 1 aliphatic rings. The molecule has 1 aliphatic heterocycles. The fraction of sp³-hybridized carbons (Fsp3) is 0.667. The molecule has 1 saturated heterocycles. The number of hydrogen-bond donors (Lipinski definition) is 1. The minimum absolute atomic E-state index is 0.0132. The Morgan fingerprint density at radius 3 is 2.83 bits per heavy atom. The van der Waals surface area contributed by atoms with Gasteiger partial charge in [0.05, 0.1) is 19.3 Å². The van der Waals surface area contributed by atoms with Crippen LogP contribution in [0.2, 0.25) is 0 Å². The maximum Gasteiger partial charge on any atom is 0.308 e. The fourth-order valence-electron chi connectivity index (χ4n) is 2.78. The molecular formula is C18H29N3O3. The number of guanidine groups is 1. The lowest BCUT2D eigenvalue weighted by molar-refractivity contribution is -0.146. The van der Waals surface area contributed by atoms with E-state index in [0.29, 0.717) is 12.6 Å². The molecule has 1 aromatic rings. The van der Waals surface area contributed by atoms with Gasteiger partial charge in [0, 0.05) is 32.1 Å². The van der Waals surface area contributed by atoms with Crippen LogP contribution in [0.25, 0.3) is 0 Å². The Labute approximate surface area is 144 Å². The van der Waals surface area contributed by atoms with Crippen LogP contribution < -0.4 is 5.32 Å². The molecule has 1 atom stereocenters. The molecule has 134 valence electrons. The summed E-state index contributed by atoms with van der Waals surface area (Å²) in [5, 5.41) is 3.50. The van der Waals surface area contributed by atoms with Gasteiger partial charge in [-0.2, -0.15) is 0 Å². The van der Waals surface area contributed by atoms with E-state index in [1.165, 1.54) is 7.11 Å². The first kappa shape index (κ1) is 18.4. The lowest BCUT2D eigenvalue weighted by Gasteiger charge is -2.34. The summed E-state index contributed by atoms with van der Waals surface area (Å²) in [4.78, 5) is 18.7. The molecule has 0 radical (unpaired) electrons. The standard InChI is InChI=1S/C18H29N3O3/c1-4-14(2)20-18(19-10-7-16-6-5-13-24-16)21-11-8-15(9-12-21)17(22)23-3/h5-6,13-15H,4,7-12H2,1-3H3,(H,19,20). The molecule has 0 spiro atoms. The van der Waals surface area contributed by atoms with Gasteiger partial charge in [0.15, 0.2) is 5.96 Å². The Bertz CT molecular complexity index is 520. The molecular weight excluding hydrogens is 306 g/mol. The largest absolute Gasteiger partial charge is 0.469 e. The van der Waals surface area contributed by atoms with Crippen LogP contribution in [-0.2, 0) is 16.0 Å². The highest BCUT2D eigenvalue weighted by Gasteiger charge is 2.27. The number of nitrogens with one attached hydrogen (secondary N) is 1. The van der Waals surface area contributed by atoms with Gasteiger partial charge < -0.3 is 19.4 Å². The van der Waals surface area contributed by atoms with Crippen molar-refractivity contribution in [1.29, 1.82) is 0 Å². The second-order valence-electron chi connectivity index (χ2n) is 6.27. The minimum Gasteiger partial charge on any atom is -0.469 e. The number of furan rings is 1. The molecule has 0 amide bonds. The average molecular weight is 335 g/mol. The minimum atomic E-state index is -0.0964. The maximum absolute atomic E-state index is 11.7. The smallest absolute Gasteiger partial charge is 0.308 e. The zero-order valence-corrected chi connectivity index (χ0v) is 15.0. The van der Waals surface area contributed by atoms with E-state index in [9.17, 15) is 4.79 Å². The molecule has 0 aromatic carbocycles. The monoisotopic (exact) mass is 335 g/mol. The number of methoxy groups -OCH3 is 1. The predicted octanol–water partition coefficient (Wildman–Crippen LogP) is 2.45. The van der Waals surface area contributed by atoms with Crippen LogP contribution in [0.15, 0.2) is 27.8 Å². The lowest BCUT2D eigenvalue weighted by atomic mass is 9.97. The molecule has 0 saturated carbocycles. The van der Waals surface area contributed by atoms with Crippen LogP contribution in [-0.4, -0.2) is 49.6 Å². The Hall–Kier alpha value is -1.98. The first-order valence-corrected chi connectivity index (χ1v) is 8.80. The highest BCUT2D eigenvalue weighted by molar-refractivity contribution is 5.81. The van der Waals surface area contributed by atoms with Crippen LogP contribution in [0.1, 0.15) is 38.9 Å². The maximum atomic E-state index is 11.7. The number of carbonyl (C=O) groups is 1. The van der Waals surface area contributed by atoms with Gasteiger partial charge in [-0.1, -0.05) is 6.92 Å². The number of rotatable bonds is 6. The molecule has 1 fully saturated rings. The van der Waals surface area contributed by atoms with E-state index in [-0.39, 0.29) is 11.9 Å². The first-order valence-electron chi connectivity index (χ1n) is 8.80. The summed E-state index contributed by atoms with van der Waals surface area (Å²) < 4.78 is 10.2. The van der Waals surface area contributed by atoms with Crippen molar-refractivity contribution in [2.75, 3.05) is 26.7 Å². The summed E-state index contributed by atoms with van der Waals surface area (Å²) in [7, 11) is 1.46. The fourth-order valence-corrected chi connectivity index (χ4v) is 2.78. The van der Waals surface area contributed by atoms with E-state index < -0.39 is 0 Å². The molecule has 1 N–H and O–H groups in total. The highest BCUT2D eigenvalue weighted by Crippen LogP contribution is 2.18. The third-order valence-electron chi connectivity index (χ3n) is 4.52. The van der Waals surface area contributed by atoms with E-state index in [0.717, 1.165) is 50.5 Å². The van der Waals surface area contributed by atoms with Gasteiger partial charge in [0.2, 0.25) is 0 Å². The first-order chi connectivity index (χ1) is 11.6. The Morgan fingerprint density at radius 2 is 2.25 bits per heavy atom. The van der Waals surface area contributed by atoms with E-state index in [1.807, 2.05) is 12.1 Å². The number of esters is 1. The third-order valence-corrected chi connectivity index (χ3v) is 4.52. The summed E-state index contributed by atoms with van der Waals surface area (Å²) in [6, 6.07) is 4.24.